The number of nitrogens with zero attached hydrogens (tertiary/aromatic N) is 1. The Bertz CT molecular complexity index is 1210. The first-order chi connectivity index (χ1) is 37.6. The summed E-state index contributed by atoms with van der Waals surface area (Å²) < 4.78 is 0.884. The van der Waals surface area contributed by atoms with Crippen LogP contribution >= 0.6 is 24.8 Å². The Morgan fingerprint density at radius 2 is 0.434 bits per heavy atom. The summed E-state index contributed by atoms with van der Waals surface area (Å²) in [6, 6.07) is 1.08. The Labute approximate surface area is 490 Å². The molecule has 1 nitrogen and oxygen atoms in total. The fourth-order valence-electron chi connectivity index (χ4n) is 11.1. The molecule has 0 N–H and O–H groups in total. The van der Waals surface area contributed by atoms with Crippen molar-refractivity contribution in [2.75, 3.05) is 0 Å². The second-order valence-electron chi connectivity index (χ2n) is 23.5. The normalized spacial score (nSPS) is 13.2. The zero-order valence-electron chi connectivity index (χ0n) is 52.1. The third-order valence-corrected chi connectivity index (χ3v) is 16.5. The molecule has 0 spiro atoms. The molecular formula is C73H135NS2. The Kier molecular flexibility index (Phi) is 65.0. The first-order valence-corrected chi connectivity index (χ1v) is 35.4. The van der Waals surface area contributed by atoms with Crippen LogP contribution in [0, 0.1) is 0 Å². The highest BCUT2D eigenvalue weighted by Gasteiger charge is 2.26. The van der Waals surface area contributed by atoms with Gasteiger partial charge < -0.3 is 4.90 Å². The van der Waals surface area contributed by atoms with E-state index in [2.05, 4.69) is 106 Å². The van der Waals surface area contributed by atoms with Crippen molar-refractivity contribution in [3.05, 3.63) is 72.9 Å². The molecule has 76 heavy (non-hydrogen) atoms. The smallest absolute Gasteiger partial charge is 0.133 e. The molecule has 0 aromatic rings. The van der Waals surface area contributed by atoms with Crippen LogP contribution in [0.4, 0.5) is 0 Å². The molecular weight excluding hydrogens is 955 g/mol. The van der Waals surface area contributed by atoms with Gasteiger partial charge in [0.1, 0.15) is 4.32 Å². The van der Waals surface area contributed by atoms with Gasteiger partial charge >= 0.3 is 0 Å². The monoisotopic (exact) mass is 1090 g/mol. The maximum absolute atomic E-state index is 6.18. The number of unbranched alkanes of at least 4 members (excludes halogenated alkanes) is 40. The molecule has 0 bridgehead atoms. The summed E-state index contributed by atoms with van der Waals surface area (Å²) in [7, 11) is 0. The molecule has 0 heterocycles. The summed E-state index contributed by atoms with van der Waals surface area (Å²) in [5, 5.41) is 0. The van der Waals surface area contributed by atoms with E-state index in [1.807, 2.05) is 0 Å². The predicted octanol–water partition coefficient (Wildman–Crippen LogP) is 26.7. The van der Waals surface area contributed by atoms with Gasteiger partial charge in [0.15, 0.2) is 0 Å². The Morgan fingerprint density at radius 3 is 0.658 bits per heavy atom. The summed E-state index contributed by atoms with van der Waals surface area (Å²) in [6.45, 7) is 9.19. The zero-order chi connectivity index (χ0) is 55.0. The van der Waals surface area contributed by atoms with Gasteiger partial charge in [-0.1, -0.05) is 318 Å². The summed E-state index contributed by atoms with van der Waals surface area (Å²) in [5.74, 6) is 0. The molecule has 0 aliphatic heterocycles. The Hall–Kier alpha value is -1.32. The largest absolute Gasteiger partial charge is 0.352 e. The fourth-order valence-corrected chi connectivity index (χ4v) is 11.7. The molecule has 0 amide bonds. The average molecular weight is 1090 g/mol. The molecule has 0 aliphatic rings. The van der Waals surface area contributed by atoms with Crippen LogP contribution in [0.25, 0.3) is 0 Å². The maximum atomic E-state index is 6.18. The van der Waals surface area contributed by atoms with Crippen molar-refractivity contribution in [3.63, 3.8) is 0 Å². The highest BCUT2D eigenvalue weighted by molar-refractivity contribution is 8.10. The van der Waals surface area contributed by atoms with E-state index in [9.17, 15) is 0 Å². The van der Waals surface area contributed by atoms with Crippen molar-refractivity contribution in [2.45, 2.75) is 387 Å². The molecule has 444 valence electrons. The average Bonchev–Trinajstić information content (AvgIpc) is 3.42. The molecule has 0 saturated carbocycles. The molecule has 2 atom stereocenters. The molecule has 3 heteroatoms. The zero-order valence-corrected chi connectivity index (χ0v) is 53.8. The molecule has 0 aliphatic carbocycles. The number of hydrogen-bond donors (Lipinski definition) is 1. The van der Waals surface area contributed by atoms with Gasteiger partial charge in [0.25, 0.3) is 0 Å². The lowest BCUT2D eigenvalue weighted by Crippen LogP contribution is -2.45. The fraction of sp³-hybridized carbons (Fsp3) is 0.822. The first kappa shape index (κ1) is 74.7. The van der Waals surface area contributed by atoms with Crippen LogP contribution in [0.2, 0.25) is 0 Å². The van der Waals surface area contributed by atoms with E-state index in [-0.39, 0.29) is 0 Å². The minimum Gasteiger partial charge on any atom is -0.352 e. The Balaban J connectivity index is 5.40. The molecule has 0 saturated heterocycles. The second-order valence-corrected chi connectivity index (χ2v) is 24.6. The van der Waals surface area contributed by atoms with Gasteiger partial charge in [-0.15, -0.1) is 12.6 Å². The SMILES string of the molecule is CCCCCC=CCC=CCCCCCCCC(CCCCCCCCC=CCCCCCCCC)N(C(=S)S)C(CCCCCCCC=CCC=CCCCCC)CCCCCCCCC=CCCCCCCCC. The molecule has 0 radical (unpaired) electrons. The maximum Gasteiger partial charge on any atom is 0.133 e. The van der Waals surface area contributed by atoms with Gasteiger partial charge in [-0.3, -0.25) is 0 Å². The number of allylic oxidation sites excluding steroid dienone is 12. The number of rotatable bonds is 62. The van der Waals surface area contributed by atoms with E-state index in [0.717, 1.165) is 17.2 Å². The highest BCUT2D eigenvalue weighted by Crippen LogP contribution is 2.28. The van der Waals surface area contributed by atoms with E-state index in [1.165, 1.54) is 334 Å². The van der Waals surface area contributed by atoms with Gasteiger partial charge in [-0.2, -0.15) is 0 Å². The third-order valence-electron chi connectivity index (χ3n) is 16.1. The van der Waals surface area contributed by atoms with E-state index in [0.29, 0.717) is 12.1 Å². The lowest BCUT2D eigenvalue weighted by atomic mass is 9.94. The minimum absolute atomic E-state index is 0.539. The van der Waals surface area contributed by atoms with E-state index in [1.54, 1.807) is 0 Å². The van der Waals surface area contributed by atoms with E-state index in [4.69, 9.17) is 24.8 Å². The quantitative estimate of drug-likeness (QED) is 0.0280. The molecule has 0 fully saturated rings. The number of thiocarbonyl (C=S) groups is 1. The van der Waals surface area contributed by atoms with Gasteiger partial charge in [-0.25, -0.2) is 0 Å². The van der Waals surface area contributed by atoms with E-state index < -0.39 is 0 Å². The van der Waals surface area contributed by atoms with Crippen molar-refractivity contribution < 1.29 is 0 Å². The molecule has 0 aromatic heterocycles. The summed E-state index contributed by atoms with van der Waals surface area (Å²) in [5.41, 5.74) is 0. The lowest BCUT2D eigenvalue weighted by Gasteiger charge is -2.40. The van der Waals surface area contributed by atoms with Gasteiger partial charge in [0.05, 0.1) is 0 Å². The van der Waals surface area contributed by atoms with Crippen molar-refractivity contribution >= 4 is 29.2 Å². The summed E-state index contributed by atoms with van der Waals surface area (Å²) >= 11 is 11.3. The van der Waals surface area contributed by atoms with Gasteiger partial charge in [0, 0.05) is 12.1 Å². The van der Waals surface area contributed by atoms with Crippen molar-refractivity contribution in [2.24, 2.45) is 0 Å². The standard InChI is InChI=1S/C73H135NS2/c1-5-9-13-17-21-25-29-33-37-41-45-49-53-57-61-65-69-71(67-63-59-55-51-47-43-39-35-31-27-23-19-15-11-7-3)74(73(75)76)72(68-64-60-56-52-48-44-40-36-32-28-24-20-16-12-8-4)70-66-62-58-54-50-46-42-38-34-30-26-22-18-14-10-6-2/h23-24,27-28,33-40,71-72H,5-22,25-26,29-32,41-70H2,1-4H3,(H,75,76). The van der Waals surface area contributed by atoms with Gasteiger partial charge in [0.2, 0.25) is 0 Å². The summed E-state index contributed by atoms with van der Waals surface area (Å²) in [4.78, 5) is 2.74. The predicted molar refractivity (Wildman–Crippen MR) is 358 cm³/mol. The van der Waals surface area contributed by atoms with Crippen LogP contribution in [0.5, 0.6) is 0 Å². The van der Waals surface area contributed by atoms with E-state index >= 15 is 0 Å². The molecule has 2 unspecified atom stereocenters. The van der Waals surface area contributed by atoms with Crippen molar-refractivity contribution in [1.82, 2.24) is 4.90 Å². The molecule has 0 aromatic carbocycles. The topological polar surface area (TPSA) is 3.24 Å². The highest BCUT2D eigenvalue weighted by atomic mass is 32.1. The van der Waals surface area contributed by atoms with Crippen molar-refractivity contribution in [3.8, 4) is 0 Å². The third kappa shape index (κ3) is 57.4. The van der Waals surface area contributed by atoms with Crippen LogP contribution < -0.4 is 0 Å². The number of hydrogen-bond acceptors (Lipinski definition) is 1. The van der Waals surface area contributed by atoms with Crippen molar-refractivity contribution in [1.29, 1.82) is 0 Å². The second kappa shape index (κ2) is 66.2. The first-order valence-electron chi connectivity index (χ1n) is 34.5. The van der Waals surface area contributed by atoms with Crippen LogP contribution in [-0.2, 0) is 0 Å². The lowest BCUT2D eigenvalue weighted by molar-refractivity contribution is 0.189. The Morgan fingerprint density at radius 1 is 0.263 bits per heavy atom. The van der Waals surface area contributed by atoms with Crippen LogP contribution in [0.3, 0.4) is 0 Å². The van der Waals surface area contributed by atoms with Crippen LogP contribution in [-0.4, -0.2) is 21.3 Å². The molecule has 0 rings (SSSR count). The minimum atomic E-state index is 0.539. The van der Waals surface area contributed by atoms with Gasteiger partial charge in [-0.05, 0) is 141 Å². The summed E-state index contributed by atoms with van der Waals surface area (Å²) in [6.07, 6.45) is 101. The number of thiol groups is 1. The van der Waals surface area contributed by atoms with Crippen LogP contribution in [0.15, 0.2) is 72.9 Å². The van der Waals surface area contributed by atoms with Crippen LogP contribution in [0.1, 0.15) is 374 Å².